The molecular formula is C21H14ClN3O3S. The van der Waals surface area contributed by atoms with Crippen LogP contribution in [0.3, 0.4) is 0 Å². The topological polar surface area (TPSA) is 81.2 Å². The number of halogens is 1. The van der Waals surface area contributed by atoms with Crippen molar-refractivity contribution < 1.29 is 14.3 Å². The van der Waals surface area contributed by atoms with Crippen LogP contribution in [-0.2, 0) is 9.53 Å². The molecule has 1 aromatic carbocycles. The number of benzene rings is 1. The minimum atomic E-state index is -0.603. The molecule has 0 saturated heterocycles. The van der Waals surface area contributed by atoms with E-state index in [-0.39, 0.29) is 5.15 Å². The number of aromatic nitrogens is 2. The van der Waals surface area contributed by atoms with E-state index in [0.29, 0.717) is 27.8 Å². The van der Waals surface area contributed by atoms with Gasteiger partial charge in [-0.15, -0.1) is 11.3 Å². The maximum Gasteiger partial charge on any atom is 0.339 e. The number of esters is 1. The second kappa shape index (κ2) is 8.38. The van der Waals surface area contributed by atoms with Crippen molar-refractivity contribution in [1.82, 2.24) is 9.97 Å². The van der Waals surface area contributed by atoms with Gasteiger partial charge in [0.2, 0.25) is 0 Å². The third kappa shape index (κ3) is 4.26. The first-order valence-corrected chi connectivity index (χ1v) is 9.89. The number of anilines is 1. The van der Waals surface area contributed by atoms with Crippen molar-refractivity contribution in [3.63, 3.8) is 0 Å². The molecule has 1 amide bonds. The van der Waals surface area contributed by atoms with Gasteiger partial charge in [0.15, 0.2) is 11.8 Å². The van der Waals surface area contributed by atoms with Crippen molar-refractivity contribution in [2.75, 3.05) is 11.9 Å². The van der Waals surface area contributed by atoms with Crippen LogP contribution < -0.4 is 5.32 Å². The molecule has 0 fully saturated rings. The first kappa shape index (κ1) is 19.0. The molecular weight excluding hydrogens is 410 g/mol. The average Bonchev–Trinajstić information content (AvgIpc) is 3.28. The molecule has 1 N–H and O–H groups in total. The van der Waals surface area contributed by atoms with Crippen LogP contribution in [0.4, 0.5) is 5.69 Å². The van der Waals surface area contributed by atoms with Crippen molar-refractivity contribution >= 4 is 51.4 Å². The molecule has 0 radical (unpaired) electrons. The number of carbonyl (C=O) groups excluding carboxylic acids is 2. The van der Waals surface area contributed by atoms with Crippen LogP contribution in [0.15, 0.2) is 66.2 Å². The zero-order valence-electron chi connectivity index (χ0n) is 15.0. The van der Waals surface area contributed by atoms with Crippen LogP contribution in [-0.4, -0.2) is 28.5 Å². The number of pyridine rings is 2. The van der Waals surface area contributed by atoms with Gasteiger partial charge in [-0.05, 0) is 35.7 Å². The zero-order valence-corrected chi connectivity index (χ0v) is 16.5. The van der Waals surface area contributed by atoms with Gasteiger partial charge in [0.05, 0.1) is 27.3 Å². The molecule has 4 aromatic rings. The Balaban J connectivity index is 1.55. The summed E-state index contributed by atoms with van der Waals surface area (Å²) in [5.41, 5.74) is 2.06. The first-order chi connectivity index (χ1) is 14.1. The molecule has 0 aliphatic rings. The number of hydrogen-bond acceptors (Lipinski definition) is 6. The third-order valence-corrected chi connectivity index (χ3v) is 5.27. The highest BCUT2D eigenvalue weighted by molar-refractivity contribution is 7.13. The summed E-state index contributed by atoms with van der Waals surface area (Å²) in [6, 6.07) is 16.1. The number of ether oxygens (including phenoxy) is 1. The van der Waals surface area contributed by atoms with E-state index in [1.54, 1.807) is 24.3 Å². The Labute approximate surface area is 175 Å². The summed E-state index contributed by atoms with van der Waals surface area (Å²) in [6.07, 6.45) is 1.51. The highest BCUT2D eigenvalue weighted by atomic mass is 35.5. The lowest BCUT2D eigenvalue weighted by Gasteiger charge is -2.10. The maximum absolute atomic E-state index is 12.7. The number of thiophene rings is 1. The molecule has 29 heavy (non-hydrogen) atoms. The predicted octanol–water partition coefficient (Wildman–Crippen LogP) is 4.81. The maximum atomic E-state index is 12.7. The van der Waals surface area contributed by atoms with E-state index in [9.17, 15) is 9.59 Å². The molecule has 0 bridgehead atoms. The lowest BCUT2D eigenvalue weighted by Crippen LogP contribution is -2.21. The minimum Gasteiger partial charge on any atom is -0.452 e. The van der Waals surface area contributed by atoms with Gasteiger partial charge in [0.1, 0.15) is 0 Å². The van der Waals surface area contributed by atoms with E-state index >= 15 is 0 Å². The largest absolute Gasteiger partial charge is 0.452 e. The van der Waals surface area contributed by atoms with E-state index in [2.05, 4.69) is 15.3 Å². The van der Waals surface area contributed by atoms with Crippen LogP contribution >= 0.6 is 22.9 Å². The Kier molecular flexibility index (Phi) is 5.50. The normalized spacial score (nSPS) is 10.7. The number of hydrogen-bond donors (Lipinski definition) is 1. The molecule has 0 spiro atoms. The Morgan fingerprint density at radius 2 is 1.97 bits per heavy atom. The number of carbonyl (C=O) groups is 2. The third-order valence-electron chi connectivity index (χ3n) is 4.08. The molecule has 3 heterocycles. The Morgan fingerprint density at radius 3 is 2.76 bits per heavy atom. The number of nitrogens with one attached hydrogen (secondary N) is 1. The van der Waals surface area contributed by atoms with Crippen LogP contribution in [0.2, 0.25) is 5.15 Å². The molecule has 4 rings (SSSR count). The standard InChI is InChI=1S/C21H14ClN3O3S/c22-20-16(7-3-9-23-20)25-19(26)12-28-21(27)14-11-17(18-8-4-10-29-18)24-15-6-2-1-5-13(14)15/h1-11H,12H2,(H,25,26). The highest BCUT2D eigenvalue weighted by Crippen LogP contribution is 2.28. The quantitative estimate of drug-likeness (QED) is 0.368. The van der Waals surface area contributed by atoms with Gasteiger partial charge in [0, 0.05) is 11.6 Å². The van der Waals surface area contributed by atoms with Gasteiger partial charge in [-0.1, -0.05) is 35.9 Å². The summed E-state index contributed by atoms with van der Waals surface area (Å²) >= 11 is 7.45. The van der Waals surface area contributed by atoms with Gasteiger partial charge in [0.25, 0.3) is 5.91 Å². The van der Waals surface area contributed by atoms with Crippen LogP contribution in [0.25, 0.3) is 21.5 Å². The Hall–Kier alpha value is -3.29. The molecule has 6 nitrogen and oxygen atoms in total. The number of para-hydroxylation sites is 1. The molecule has 3 aromatic heterocycles. The van der Waals surface area contributed by atoms with Crippen LogP contribution in [0.5, 0.6) is 0 Å². The number of amides is 1. The Morgan fingerprint density at radius 1 is 1.10 bits per heavy atom. The minimum absolute atomic E-state index is 0.160. The van der Waals surface area contributed by atoms with Gasteiger partial charge >= 0.3 is 5.97 Å². The molecule has 0 aliphatic carbocycles. The fourth-order valence-corrected chi connectivity index (χ4v) is 3.62. The van der Waals surface area contributed by atoms with Gasteiger partial charge in [-0.2, -0.15) is 0 Å². The lowest BCUT2D eigenvalue weighted by molar-refractivity contribution is -0.119. The van der Waals surface area contributed by atoms with Crippen molar-refractivity contribution in [3.05, 3.63) is 76.9 Å². The summed E-state index contributed by atoms with van der Waals surface area (Å²) in [5.74, 6) is -1.11. The number of nitrogens with zero attached hydrogens (tertiary/aromatic N) is 2. The zero-order chi connectivity index (χ0) is 20.2. The molecule has 8 heteroatoms. The van der Waals surface area contributed by atoms with Crippen LogP contribution in [0.1, 0.15) is 10.4 Å². The Bertz CT molecular complexity index is 1190. The van der Waals surface area contributed by atoms with Crippen LogP contribution in [0, 0.1) is 0 Å². The van der Waals surface area contributed by atoms with Gasteiger partial charge in [-0.3, -0.25) is 4.79 Å². The van der Waals surface area contributed by atoms with E-state index in [1.807, 2.05) is 35.7 Å². The average molecular weight is 424 g/mol. The fourth-order valence-electron chi connectivity index (χ4n) is 2.77. The van der Waals surface area contributed by atoms with Crippen molar-refractivity contribution in [2.45, 2.75) is 0 Å². The second-order valence-corrected chi connectivity index (χ2v) is 7.32. The molecule has 0 unspecified atom stereocenters. The molecule has 0 saturated carbocycles. The highest BCUT2D eigenvalue weighted by Gasteiger charge is 2.17. The second-order valence-electron chi connectivity index (χ2n) is 6.02. The van der Waals surface area contributed by atoms with E-state index in [1.165, 1.54) is 17.5 Å². The molecule has 144 valence electrons. The summed E-state index contributed by atoms with van der Waals surface area (Å²) < 4.78 is 5.24. The monoisotopic (exact) mass is 423 g/mol. The van der Waals surface area contributed by atoms with E-state index in [0.717, 1.165) is 4.88 Å². The predicted molar refractivity (Wildman–Crippen MR) is 113 cm³/mol. The summed E-state index contributed by atoms with van der Waals surface area (Å²) in [4.78, 5) is 34.3. The van der Waals surface area contributed by atoms with E-state index < -0.39 is 18.5 Å². The number of rotatable bonds is 5. The summed E-state index contributed by atoms with van der Waals surface area (Å²) in [5, 5.41) is 5.33. The summed E-state index contributed by atoms with van der Waals surface area (Å²) in [6.45, 7) is -0.449. The molecule has 0 aliphatic heterocycles. The van der Waals surface area contributed by atoms with Gasteiger partial charge < -0.3 is 10.1 Å². The SMILES string of the molecule is O=C(COC(=O)c1cc(-c2cccs2)nc2ccccc12)Nc1cccnc1Cl. The summed E-state index contributed by atoms with van der Waals surface area (Å²) in [7, 11) is 0. The lowest BCUT2D eigenvalue weighted by atomic mass is 10.1. The molecule has 0 atom stereocenters. The van der Waals surface area contributed by atoms with Gasteiger partial charge in [-0.25, -0.2) is 14.8 Å². The van der Waals surface area contributed by atoms with Crippen molar-refractivity contribution in [3.8, 4) is 10.6 Å². The first-order valence-electron chi connectivity index (χ1n) is 8.63. The number of fused-ring (bicyclic) bond motifs is 1. The van der Waals surface area contributed by atoms with E-state index in [4.69, 9.17) is 16.3 Å². The van der Waals surface area contributed by atoms with Crippen molar-refractivity contribution in [2.24, 2.45) is 0 Å². The fraction of sp³-hybridized carbons (Fsp3) is 0.0476. The smallest absolute Gasteiger partial charge is 0.339 e. The van der Waals surface area contributed by atoms with Crippen molar-refractivity contribution in [1.29, 1.82) is 0 Å².